The highest BCUT2D eigenvalue weighted by molar-refractivity contribution is 5.95. The number of nitrogens with zero attached hydrogens (tertiary/aromatic N) is 1. The Morgan fingerprint density at radius 2 is 1.22 bits per heavy atom. The van der Waals surface area contributed by atoms with Gasteiger partial charge in [0, 0.05) is 25.9 Å². The van der Waals surface area contributed by atoms with Crippen molar-refractivity contribution in [3.8, 4) is 11.5 Å². The molecule has 2 rings (SSSR count). The van der Waals surface area contributed by atoms with Gasteiger partial charge >= 0.3 is 5.97 Å². The van der Waals surface area contributed by atoms with Gasteiger partial charge in [-0.3, -0.25) is 19.2 Å². The molecule has 15 heteroatoms. The Balaban J connectivity index is 2.31. The van der Waals surface area contributed by atoms with Crippen molar-refractivity contribution in [3.63, 3.8) is 0 Å². The predicted molar refractivity (Wildman–Crippen MR) is 202 cm³/mol. The van der Waals surface area contributed by atoms with E-state index in [4.69, 9.17) is 5.73 Å². The van der Waals surface area contributed by atoms with Gasteiger partial charge < -0.3 is 52.1 Å². The maximum atomic E-state index is 14.0. The number of carboxylic acid groups (broad SMARTS) is 1. The topological polar surface area (TPSA) is 252 Å². The molecule has 0 fully saturated rings. The lowest BCUT2D eigenvalue weighted by atomic mass is 9.98. The molecule has 0 aliphatic heterocycles. The van der Waals surface area contributed by atoms with Crippen LogP contribution < -0.4 is 21.7 Å². The number of carbonyl (C=O) groups excluding carboxylic acids is 4. The predicted octanol–water partition coefficient (Wildman–Crippen LogP) is 1.72. The molecule has 300 valence electrons. The summed E-state index contributed by atoms with van der Waals surface area (Å²) in [7, 11) is 1.32. The number of phenols is 2. The highest BCUT2D eigenvalue weighted by atomic mass is 16.4. The van der Waals surface area contributed by atoms with Crippen molar-refractivity contribution in [3.05, 3.63) is 59.7 Å². The standard InChI is InChI=1S/C39H59N5O10/c1-6-7-8-9-10-11-29(40)34(48)37(51)43-33(24(4)45)38(52)44(5)32(20-23(2)3)36(50)41-30(21-25-12-16-27(46)17-13-25)35(49)42-31(39(53)54)22-26-14-18-28(47)19-15-26/h12-19,23-24,29-34,45-48H,6-11,20-22,40H2,1-5H3,(H,41,50)(H,42,49)(H,43,51)(H,53,54)/t24-,29-,30+,31+,32+,33+,34+/m1/s1. The van der Waals surface area contributed by atoms with Gasteiger partial charge in [0.15, 0.2) is 0 Å². The molecule has 2 aromatic rings. The summed E-state index contributed by atoms with van der Waals surface area (Å²) in [6, 6.07) is 5.27. The Bertz CT molecular complexity index is 1500. The normalized spacial score (nSPS) is 15.2. The summed E-state index contributed by atoms with van der Waals surface area (Å²) in [4.78, 5) is 67.9. The first-order valence-corrected chi connectivity index (χ1v) is 18.5. The number of carboxylic acids is 1. The molecule has 10 N–H and O–H groups in total. The van der Waals surface area contributed by atoms with E-state index in [1.165, 1.54) is 62.5 Å². The van der Waals surface area contributed by atoms with Crippen molar-refractivity contribution in [2.75, 3.05) is 7.05 Å². The summed E-state index contributed by atoms with van der Waals surface area (Å²) < 4.78 is 0. The molecule has 0 saturated heterocycles. The number of unbranched alkanes of at least 4 members (excludes halogenated alkanes) is 4. The number of nitrogens with two attached hydrogens (primary N) is 1. The van der Waals surface area contributed by atoms with E-state index in [0.29, 0.717) is 24.0 Å². The first-order chi connectivity index (χ1) is 25.4. The summed E-state index contributed by atoms with van der Waals surface area (Å²) in [5, 5.41) is 58.1. The molecule has 7 atom stereocenters. The van der Waals surface area contributed by atoms with Crippen LogP contribution in [0.15, 0.2) is 48.5 Å². The Labute approximate surface area is 317 Å². The zero-order valence-corrected chi connectivity index (χ0v) is 31.9. The number of carbonyl (C=O) groups is 5. The van der Waals surface area contributed by atoms with Crippen molar-refractivity contribution < 1.29 is 49.5 Å². The number of aliphatic hydroxyl groups is 2. The van der Waals surface area contributed by atoms with Gasteiger partial charge in [0.1, 0.15) is 41.8 Å². The van der Waals surface area contributed by atoms with Crippen LogP contribution in [0.4, 0.5) is 0 Å². The van der Waals surface area contributed by atoms with E-state index in [0.717, 1.165) is 30.6 Å². The molecular weight excluding hydrogens is 698 g/mol. The van der Waals surface area contributed by atoms with E-state index >= 15 is 0 Å². The first kappa shape index (κ1) is 45.4. The smallest absolute Gasteiger partial charge is 0.326 e. The van der Waals surface area contributed by atoms with Gasteiger partial charge in [0.2, 0.25) is 17.7 Å². The molecule has 0 aliphatic carbocycles. The van der Waals surface area contributed by atoms with Crippen LogP contribution in [0, 0.1) is 5.92 Å². The fourth-order valence-electron chi connectivity index (χ4n) is 5.91. The third-order valence-electron chi connectivity index (χ3n) is 9.17. The minimum absolute atomic E-state index is 0.0156. The van der Waals surface area contributed by atoms with Crippen LogP contribution in [0.25, 0.3) is 0 Å². The Hall–Kier alpha value is -4.73. The number of aliphatic carboxylic acids is 1. The Morgan fingerprint density at radius 1 is 0.722 bits per heavy atom. The van der Waals surface area contributed by atoms with E-state index < -0.39 is 72.0 Å². The third-order valence-corrected chi connectivity index (χ3v) is 9.17. The number of hydrogen-bond acceptors (Lipinski definition) is 10. The van der Waals surface area contributed by atoms with Crippen LogP contribution in [0.1, 0.15) is 83.8 Å². The second kappa shape index (κ2) is 22.5. The number of rotatable bonds is 23. The molecule has 0 bridgehead atoms. The highest BCUT2D eigenvalue weighted by Gasteiger charge is 2.38. The quantitative estimate of drug-likeness (QED) is 0.0739. The monoisotopic (exact) mass is 757 g/mol. The van der Waals surface area contributed by atoms with Gasteiger partial charge in [-0.2, -0.15) is 0 Å². The maximum absolute atomic E-state index is 14.0. The van der Waals surface area contributed by atoms with Crippen LogP contribution in [0.3, 0.4) is 0 Å². The third kappa shape index (κ3) is 15.0. The van der Waals surface area contributed by atoms with Crippen molar-refractivity contribution >= 4 is 29.6 Å². The van der Waals surface area contributed by atoms with E-state index in [1.54, 1.807) is 0 Å². The van der Waals surface area contributed by atoms with Crippen molar-refractivity contribution in [2.45, 2.75) is 128 Å². The lowest BCUT2D eigenvalue weighted by molar-refractivity contribution is -0.146. The number of amides is 4. The number of aliphatic hydroxyl groups excluding tert-OH is 2. The van der Waals surface area contributed by atoms with E-state index in [1.807, 2.05) is 13.8 Å². The molecule has 0 radical (unpaired) electrons. The van der Waals surface area contributed by atoms with Gasteiger partial charge in [-0.1, -0.05) is 77.1 Å². The average molecular weight is 758 g/mol. The molecule has 2 aromatic carbocycles. The number of likely N-dealkylation sites (N-methyl/N-ethyl adjacent to an activating group) is 1. The Kier molecular flexibility index (Phi) is 18.9. The van der Waals surface area contributed by atoms with Crippen LogP contribution in [0.2, 0.25) is 0 Å². The summed E-state index contributed by atoms with van der Waals surface area (Å²) in [6.45, 7) is 7.00. The summed E-state index contributed by atoms with van der Waals surface area (Å²) >= 11 is 0. The minimum atomic E-state index is -1.65. The Morgan fingerprint density at radius 3 is 1.70 bits per heavy atom. The van der Waals surface area contributed by atoms with Crippen LogP contribution in [-0.4, -0.2) is 109 Å². The SMILES string of the molecule is CCCCCCC[C@@H](N)[C@H](O)C(=O)N[C@H](C(=O)N(C)[C@@H](CC(C)C)C(=O)N[C@@H](Cc1ccc(O)cc1)C(=O)N[C@@H](Cc1ccc(O)cc1)C(=O)O)[C@@H](C)O. The largest absolute Gasteiger partial charge is 0.508 e. The van der Waals surface area contributed by atoms with Gasteiger partial charge in [0.25, 0.3) is 5.91 Å². The second-order valence-electron chi connectivity index (χ2n) is 14.3. The lowest BCUT2D eigenvalue weighted by Crippen LogP contribution is -2.61. The molecule has 0 unspecified atom stereocenters. The molecule has 0 aliphatic rings. The van der Waals surface area contributed by atoms with E-state index in [2.05, 4.69) is 22.9 Å². The maximum Gasteiger partial charge on any atom is 0.326 e. The molecule has 4 amide bonds. The van der Waals surface area contributed by atoms with E-state index in [9.17, 15) is 49.5 Å². The number of benzene rings is 2. The van der Waals surface area contributed by atoms with Crippen molar-refractivity contribution in [1.29, 1.82) is 0 Å². The molecule has 0 heterocycles. The first-order valence-electron chi connectivity index (χ1n) is 18.5. The number of hydrogen-bond donors (Lipinski definition) is 9. The summed E-state index contributed by atoms with van der Waals surface area (Å²) in [5.41, 5.74) is 7.13. The van der Waals surface area contributed by atoms with Crippen molar-refractivity contribution in [1.82, 2.24) is 20.9 Å². The van der Waals surface area contributed by atoms with Gasteiger partial charge in [0.05, 0.1) is 6.10 Å². The fraction of sp³-hybridized carbons (Fsp3) is 0.564. The summed E-state index contributed by atoms with van der Waals surface area (Å²) in [5.74, 6) is -4.90. The minimum Gasteiger partial charge on any atom is -0.508 e. The van der Waals surface area contributed by atoms with Crippen LogP contribution in [0.5, 0.6) is 11.5 Å². The number of nitrogens with one attached hydrogen (secondary N) is 3. The average Bonchev–Trinajstić information content (AvgIpc) is 3.12. The van der Waals surface area contributed by atoms with Crippen LogP contribution in [-0.2, 0) is 36.8 Å². The molecular formula is C39H59N5O10. The molecule has 0 spiro atoms. The van der Waals surface area contributed by atoms with Gasteiger partial charge in [-0.05, 0) is 61.1 Å². The number of phenolic OH excluding ortho intramolecular Hbond substituents is 2. The molecule has 15 nitrogen and oxygen atoms in total. The molecule has 0 saturated carbocycles. The summed E-state index contributed by atoms with van der Waals surface area (Å²) in [6.07, 6.45) is 1.91. The van der Waals surface area contributed by atoms with Crippen molar-refractivity contribution in [2.24, 2.45) is 11.7 Å². The highest BCUT2D eigenvalue weighted by Crippen LogP contribution is 2.17. The lowest BCUT2D eigenvalue weighted by Gasteiger charge is -2.34. The molecule has 54 heavy (non-hydrogen) atoms. The molecule has 0 aromatic heterocycles. The zero-order valence-electron chi connectivity index (χ0n) is 31.9. The van der Waals surface area contributed by atoms with Gasteiger partial charge in [-0.25, -0.2) is 4.79 Å². The van der Waals surface area contributed by atoms with Crippen LogP contribution >= 0.6 is 0 Å². The second-order valence-corrected chi connectivity index (χ2v) is 14.3. The fourth-order valence-corrected chi connectivity index (χ4v) is 5.91. The van der Waals surface area contributed by atoms with E-state index in [-0.39, 0.29) is 36.7 Å². The zero-order chi connectivity index (χ0) is 40.5. The number of aromatic hydroxyl groups is 2. The van der Waals surface area contributed by atoms with Gasteiger partial charge in [-0.15, -0.1) is 0 Å².